The van der Waals surface area contributed by atoms with Gasteiger partial charge in [-0.3, -0.25) is 4.90 Å². The van der Waals surface area contributed by atoms with Crippen molar-refractivity contribution in [2.24, 2.45) is 0 Å². The number of nitrogens with zero attached hydrogens (tertiary/aromatic N) is 5. The minimum absolute atomic E-state index is 0.00605. The van der Waals surface area contributed by atoms with Crippen molar-refractivity contribution in [3.05, 3.63) is 47.5 Å². The molecule has 4 aliphatic heterocycles. The minimum Gasteiger partial charge on any atom is -0.475 e. The van der Waals surface area contributed by atoms with E-state index in [4.69, 9.17) is 25.9 Å². The van der Waals surface area contributed by atoms with Crippen molar-refractivity contribution in [2.75, 3.05) is 44.3 Å². The van der Waals surface area contributed by atoms with Crippen LogP contribution in [0.3, 0.4) is 0 Å². The Morgan fingerprint density at radius 1 is 1.16 bits per heavy atom. The fraction of sp³-hybridized carbons (Fsp3) is 0.441. The maximum absolute atomic E-state index is 16.9. The molecule has 4 atom stereocenters. The minimum atomic E-state index is -0.909. The first kappa shape index (κ1) is 28.3. The normalized spacial score (nSPS) is 25.9. The van der Waals surface area contributed by atoms with E-state index in [1.165, 1.54) is 6.07 Å². The summed E-state index contributed by atoms with van der Waals surface area (Å²) in [7, 11) is 0. The lowest BCUT2D eigenvalue weighted by molar-refractivity contribution is 0.107. The molecule has 0 saturated carbocycles. The zero-order chi connectivity index (χ0) is 30.9. The lowest BCUT2D eigenvalue weighted by Gasteiger charge is -2.39. The predicted molar refractivity (Wildman–Crippen MR) is 165 cm³/mol. The van der Waals surface area contributed by atoms with Gasteiger partial charge in [-0.1, -0.05) is 37.1 Å². The number of terminal acetylenes is 1. The van der Waals surface area contributed by atoms with Gasteiger partial charge in [0.25, 0.3) is 0 Å². The highest BCUT2D eigenvalue weighted by Crippen LogP contribution is 2.44. The van der Waals surface area contributed by atoms with Crippen LogP contribution in [-0.2, 0) is 0 Å². The number of fused-ring (bicyclic) bond motifs is 4. The average molecular weight is 615 g/mol. The van der Waals surface area contributed by atoms with Crippen LogP contribution in [0.1, 0.15) is 38.2 Å². The van der Waals surface area contributed by atoms with E-state index in [1.54, 1.807) is 24.3 Å². The number of alkyl halides is 1. The standard InChI is InChI=1S/C34H33F3N6O2/c1-3-21-16-43-22(14-38-21)17-44-32-27-30(40-33(41-31(27)43)45-18-34-11-6-12-42(34)15-20(35)13-34)28(37)29(39-32)24-8-5-7-19-9-10-25(36)23(4-2)26(19)24/h2,5,7-10,20-22,38H,3,6,11-18H2,1H3/t20-,21-,22+,34+/m1/s1. The Kier molecular flexibility index (Phi) is 6.76. The molecule has 0 radical (unpaired) electrons. The molecule has 11 heteroatoms. The summed E-state index contributed by atoms with van der Waals surface area (Å²) in [4.78, 5) is 18.5. The second kappa shape index (κ2) is 10.7. The molecular weight excluding hydrogens is 581 g/mol. The third-order valence-corrected chi connectivity index (χ3v) is 10.0. The summed E-state index contributed by atoms with van der Waals surface area (Å²) in [5.41, 5.74) is -0.126. The SMILES string of the molecule is C#Cc1c(F)ccc2cccc(-c3nc4c5c(nc(OC[C@@]67CCCN6C[C@H](F)C7)nc5c3F)N3C[C@@H](CC)NC[C@H]3CO4)c12. The van der Waals surface area contributed by atoms with Gasteiger partial charge in [0.2, 0.25) is 5.88 Å². The van der Waals surface area contributed by atoms with Gasteiger partial charge in [0.1, 0.15) is 47.6 Å². The highest BCUT2D eigenvalue weighted by atomic mass is 19.1. The molecule has 0 spiro atoms. The molecule has 0 bridgehead atoms. The maximum atomic E-state index is 16.9. The van der Waals surface area contributed by atoms with E-state index in [0.29, 0.717) is 60.2 Å². The summed E-state index contributed by atoms with van der Waals surface area (Å²) in [6.07, 6.45) is 7.90. The van der Waals surface area contributed by atoms with E-state index in [0.717, 1.165) is 25.8 Å². The van der Waals surface area contributed by atoms with Crippen molar-refractivity contribution in [1.29, 1.82) is 0 Å². The van der Waals surface area contributed by atoms with E-state index in [1.807, 2.05) is 0 Å². The van der Waals surface area contributed by atoms with Gasteiger partial charge in [0.05, 0.1) is 17.1 Å². The zero-order valence-electron chi connectivity index (χ0n) is 25.0. The van der Waals surface area contributed by atoms with E-state index < -0.39 is 23.3 Å². The van der Waals surface area contributed by atoms with Crippen LogP contribution in [0.5, 0.6) is 11.9 Å². The Balaban J connectivity index is 1.32. The smallest absolute Gasteiger partial charge is 0.319 e. The Morgan fingerprint density at radius 3 is 2.89 bits per heavy atom. The van der Waals surface area contributed by atoms with E-state index in [-0.39, 0.29) is 47.4 Å². The topological polar surface area (TPSA) is 75.6 Å². The van der Waals surface area contributed by atoms with Gasteiger partial charge in [-0.25, -0.2) is 18.2 Å². The van der Waals surface area contributed by atoms with Crippen molar-refractivity contribution in [1.82, 2.24) is 25.2 Å². The number of rotatable bonds is 5. The number of piperazine rings is 1. The third kappa shape index (κ3) is 4.49. The Bertz CT molecular complexity index is 1880. The van der Waals surface area contributed by atoms with Crippen LogP contribution in [0.2, 0.25) is 0 Å². The Labute approximate surface area is 258 Å². The van der Waals surface area contributed by atoms with Crippen LogP contribution in [-0.4, -0.2) is 83.0 Å². The molecule has 2 aromatic carbocycles. The number of pyridine rings is 1. The zero-order valence-corrected chi connectivity index (χ0v) is 25.0. The van der Waals surface area contributed by atoms with Gasteiger partial charge in [-0.05, 0) is 37.3 Å². The molecule has 1 N–H and O–H groups in total. The number of benzene rings is 2. The van der Waals surface area contributed by atoms with Crippen molar-refractivity contribution in [3.63, 3.8) is 0 Å². The summed E-state index contributed by atoms with van der Waals surface area (Å²) in [6, 6.07) is 8.26. The lowest BCUT2D eigenvalue weighted by Crippen LogP contribution is -2.58. The van der Waals surface area contributed by atoms with Gasteiger partial charge in [0, 0.05) is 43.0 Å². The number of halogens is 3. The van der Waals surface area contributed by atoms with Gasteiger partial charge < -0.3 is 19.7 Å². The van der Waals surface area contributed by atoms with Gasteiger partial charge in [0.15, 0.2) is 5.82 Å². The predicted octanol–water partition coefficient (Wildman–Crippen LogP) is 5.01. The van der Waals surface area contributed by atoms with Crippen LogP contribution >= 0.6 is 0 Å². The van der Waals surface area contributed by atoms with E-state index in [2.05, 4.69) is 32.9 Å². The van der Waals surface area contributed by atoms with Gasteiger partial charge >= 0.3 is 6.01 Å². The van der Waals surface area contributed by atoms with E-state index in [9.17, 15) is 8.78 Å². The first-order valence-corrected chi connectivity index (χ1v) is 15.6. The molecule has 6 heterocycles. The van der Waals surface area contributed by atoms with Crippen molar-refractivity contribution < 1.29 is 22.6 Å². The molecular formula is C34H33F3N6O2. The Hall–Kier alpha value is -4.14. The highest BCUT2D eigenvalue weighted by molar-refractivity contribution is 6.03. The molecule has 3 saturated heterocycles. The maximum Gasteiger partial charge on any atom is 0.319 e. The van der Waals surface area contributed by atoms with Gasteiger partial charge in [-0.15, -0.1) is 6.42 Å². The molecule has 2 aromatic heterocycles. The fourth-order valence-corrected chi connectivity index (χ4v) is 7.72. The molecule has 0 amide bonds. The molecule has 45 heavy (non-hydrogen) atoms. The molecule has 3 fully saturated rings. The number of hydrogen-bond acceptors (Lipinski definition) is 8. The van der Waals surface area contributed by atoms with E-state index >= 15 is 4.39 Å². The van der Waals surface area contributed by atoms with Crippen LogP contribution in [0.4, 0.5) is 19.0 Å². The number of nitrogens with one attached hydrogen (secondary N) is 1. The molecule has 4 aliphatic rings. The summed E-state index contributed by atoms with van der Waals surface area (Å²) in [6.45, 7) is 5.11. The second-order valence-corrected chi connectivity index (χ2v) is 12.6. The largest absolute Gasteiger partial charge is 0.475 e. The average Bonchev–Trinajstić information content (AvgIpc) is 3.53. The number of ether oxygens (including phenoxy) is 2. The molecule has 0 unspecified atom stereocenters. The first-order valence-electron chi connectivity index (χ1n) is 15.6. The van der Waals surface area contributed by atoms with Gasteiger partial charge in [-0.2, -0.15) is 9.97 Å². The second-order valence-electron chi connectivity index (χ2n) is 12.6. The molecule has 232 valence electrons. The monoisotopic (exact) mass is 614 g/mol. The number of anilines is 1. The van der Waals surface area contributed by atoms with Crippen LogP contribution in [0.15, 0.2) is 30.3 Å². The van der Waals surface area contributed by atoms with Crippen LogP contribution in [0.25, 0.3) is 32.9 Å². The van der Waals surface area contributed by atoms with Crippen molar-refractivity contribution in [2.45, 2.75) is 56.4 Å². The summed E-state index contributed by atoms with van der Waals surface area (Å²) >= 11 is 0. The third-order valence-electron chi connectivity index (χ3n) is 10.0. The molecule has 4 aromatic rings. The van der Waals surface area contributed by atoms with Crippen molar-refractivity contribution >= 4 is 27.5 Å². The lowest BCUT2D eigenvalue weighted by atomic mass is 9.95. The number of aromatic nitrogens is 3. The van der Waals surface area contributed by atoms with Crippen LogP contribution < -0.4 is 19.7 Å². The molecule has 8 rings (SSSR count). The quantitative estimate of drug-likeness (QED) is 0.315. The molecule has 0 aliphatic carbocycles. The Morgan fingerprint density at radius 2 is 2.04 bits per heavy atom. The highest BCUT2D eigenvalue weighted by Gasteiger charge is 2.49. The van der Waals surface area contributed by atoms with Crippen molar-refractivity contribution in [3.8, 4) is 35.5 Å². The number of hydrogen-bond donors (Lipinski definition) is 1. The first-order chi connectivity index (χ1) is 21.9. The fourth-order valence-electron chi connectivity index (χ4n) is 7.72. The van der Waals surface area contributed by atoms with Crippen LogP contribution in [0, 0.1) is 24.0 Å². The summed E-state index contributed by atoms with van der Waals surface area (Å²) in [5, 5.41) is 4.95. The summed E-state index contributed by atoms with van der Waals surface area (Å²) < 4.78 is 58.9. The summed E-state index contributed by atoms with van der Waals surface area (Å²) in [5.74, 6) is 1.83. The molecule has 8 nitrogen and oxygen atoms in total.